The van der Waals surface area contributed by atoms with E-state index in [9.17, 15) is 4.79 Å². The zero-order chi connectivity index (χ0) is 10.2. The van der Waals surface area contributed by atoms with Crippen LogP contribution in [0.5, 0.6) is 0 Å². The van der Waals surface area contributed by atoms with Crippen LogP contribution in [0, 0.1) is 11.3 Å². The molecule has 14 heavy (non-hydrogen) atoms. The third-order valence-corrected chi connectivity index (χ3v) is 3.48. The second-order valence-electron chi connectivity index (χ2n) is 5.05. The summed E-state index contributed by atoms with van der Waals surface area (Å²) in [7, 11) is 3.74. The first-order chi connectivity index (χ1) is 6.64. The standard InChI is InChI=1S/C11H20N2O/c1-13(2)10(14)11(5-6-12-8-11)7-9-3-4-9/h9,12H,3-8H2,1-2H3. The first kappa shape index (κ1) is 9.97. The van der Waals surface area contributed by atoms with Crippen LogP contribution in [0.1, 0.15) is 25.7 Å². The lowest BCUT2D eigenvalue weighted by atomic mass is 9.80. The lowest BCUT2D eigenvalue weighted by Crippen LogP contribution is -2.42. The molecule has 3 heteroatoms. The van der Waals surface area contributed by atoms with Crippen LogP contribution in [0.4, 0.5) is 0 Å². The predicted octanol–water partition coefficient (Wildman–Crippen LogP) is 0.854. The molecule has 1 aliphatic heterocycles. The molecule has 0 aromatic carbocycles. The van der Waals surface area contributed by atoms with Crippen LogP contribution in [-0.4, -0.2) is 38.0 Å². The van der Waals surface area contributed by atoms with Gasteiger partial charge in [0.25, 0.3) is 0 Å². The van der Waals surface area contributed by atoms with Crippen LogP contribution in [0.3, 0.4) is 0 Å². The highest BCUT2D eigenvalue weighted by molar-refractivity contribution is 5.83. The van der Waals surface area contributed by atoms with Gasteiger partial charge < -0.3 is 10.2 Å². The summed E-state index contributed by atoms with van der Waals surface area (Å²) in [6, 6.07) is 0. The van der Waals surface area contributed by atoms with Crippen LogP contribution >= 0.6 is 0 Å². The molecule has 0 aromatic rings. The van der Waals surface area contributed by atoms with Crippen LogP contribution in [-0.2, 0) is 4.79 Å². The monoisotopic (exact) mass is 196 g/mol. The van der Waals surface area contributed by atoms with E-state index in [0.29, 0.717) is 5.91 Å². The minimum atomic E-state index is -0.0648. The van der Waals surface area contributed by atoms with Crippen molar-refractivity contribution in [1.29, 1.82) is 0 Å². The van der Waals surface area contributed by atoms with Crippen molar-refractivity contribution in [2.45, 2.75) is 25.7 Å². The number of rotatable bonds is 3. The quantitative estimate of drug-likeness (QED) is 0.726. The summed E-state index contributed by atoms with van der Waals surface area (Å²) in [6.45, 7) is 1.90. The number of hydrogen-bond donors (Lipinski definition) is 1. The van der Waals surface area contributed by atoms with Crippen molar-refractivity contribution in [3.8, 4) is 0 Å². The number of hydrogen-bond acceptors (Lipinski definition) is 2. The van der Waals surface area contributed by atoms with Crippen molar-refractivity contribution in [2.24, 2.45) is 11.3 Å². The van der Waals surface area contributed by atoms with E-state index < -0.39 is 0 Å². The Morgan fingerprint density at radius 2 is 2.21 bits per heavy atom. The molecule has 0 radical (unpaired) electrons. The fourth-order valence-electron chi connectivity index (χ4n) is 2.54. The Hall–Kier alpha value is -0.570. The molecule has 1 atom stereocenters. The molecule has 1 amide bonds. The fourth-order valence-corrected chi connectivity index (χ4v) is 2.54. The van der Waals surface area contributed by atoms with Crippen molar-refractivity contribution in [3.05, 3.63) is 0 Å². The Balaban J connectivity index is 2.07. The van der Waals surface area contributed by atoms with Crippen LogP contribution in [0.25, 0.3) is 0 Å². The van der Waals surface area contributed by atoms with Crippen LogP contribution < -0.4 is 5.32 Å². The summed E-state index contributed by atoms with van der Waals surface area (Å²) in [5, 5.41) is 3.33. The predicted molar refractivity (Wildman–Crippen MR) is 56.0 cm³/mol. The van der Waals surface area contributed by atoms with Crippen LogP contribution in [0.2, 0.25) is 0 Å². The zero-order valence-corrected chi connectivity index (χ0v) is 9.18. The summed E-state index contributed by atoms with van der Waals surface area (Å²) in [4.78, 5) is 13.9. The first-order valence-electron chi connectivity index (χ1n) is 5.56. The molecule has 1 heterocycles. The summed E-state index contributed by atoms with van der Waals surface area (Å²) in [5.41, 5.74) is -0.0648. The molecule has 0 bridgehead atoms. The van der Waals surface area contributed by atoms with Gasteiger partial charge in [-0.3, -0.25) is 4.79 Å². The van der Waals surface area contributed by atoms with Gasteiger partial charge in [0, 0.05) is 20.6 Å². The van der Waals surface area contributed by atoms with Gasteiger partial charge in [-0.25, -0.2) is 0 Å². The average molecular weight is 196 g/mol. The van der Waals surface area contributed by atoms with Gasteiger partial charge in [-0.2, -0.15) is 0 Å². The molecule has 1 unspecified atom stereocenters. The summed E-state index contributed by atoms with van der Waals surface area (Å²) in [5.74, 6) is 1.16. The lowest BCUT2D eigenvalue weighted by Gasteiger charge is -2.30. The van der Waals surface area contributed by atoms with E-state index in [1.165, 1.54) is 12.8 Å². The number of nitrogens with zero attached hydrogens (tertiary/aromatic N) is 1. The van der Waals surface area contributed by atoms with Crippen molar-refractivity contribution >= 4 is 5.91 Å². The highest BCUT2D eigenvalue weighted by Gasteiger charge is 2.45. The lowest BCUT2D eigenvalue weighted by molar-refractivity contribution is -0.139. The summed E-state index contributed by atoms with van der Waals surface area (Å²) >= 11 is 0. The maximum atomic E-state index is 12.1. The van der Waals surface area contributed by atoms with E-state index in [4.69, 9.17) is 0 Å². The second kappa shape index (κ2) is 3.54. The molecule has 0 aromatic heterocycles. The maximum absolute atomic E-state index is 12.1. The molecule has 2 fully saturated rings. The Kier molecular flexibility index (Phi) is 2.52. The van der Waals surface area contributed by atoms with E-state index in [1.807, 2.05) is 14.1 Å². The molecular weight excluding hydrogens is 176 g/mol. The molecule has 1 aliphatic carbocycles. The largest absolute Gasteiger partial charge is 0.348 e. The Bertz CT molecular complexity index is 227. The van der Waals surface area contributed by atoms with Gasteiger partial charge in [0.1, 0.15) is 0 Å². The Morgan fingerprint density at radius 3 is 2.64 bits per heavy atom. The van der Waals surface area contributed by atoms with E-state index in [-0.39, 0.29) is 5.41 Å². The van der Waals surface area contributed by atoms with Gasteiger partial charge in [0.05, 0.1) is 5.41 Å². The van der Waals surface area contributed by atoms with Gasteiger partial charge >= 0.3 is 0 Å². The van der Waals surface area contributed by atoms with Crippen molar-refractivity contribution in [1.82, 2.24) is 10.2 Å². The van der Waals surface area contributed by atoms with Gasteiger partial charge in [-0.1, -0.05) is 12.8 Å². The molecule has 1 saturated heterocycles. The van der Waals surface area contributed by atoms with E-state index in [0.717, 1.165) is 31.8 Å². The number of carbonyl (C=O) groups is 1. The van der Waals surface area contributed by atoms with Gasteiger partial charge in [0.15, 0.2) is 0 Å². The molecule has 1 saturated carbocycles. The molecule has 1 N–H and O–H groups in total. The summed E-state index contributed by atoms with van der Waals surface area (Å²) < 4.78 is 0. The highest BCUT2D eigenvalue weighted by Crippen LogP contribution is 2.44. The maximum Gasteiger partial charge on any atom is 0.229 e. The van der Waals surface area contributed by atoms with E-state index >= 15 is 0 Å². The van der Waals surface area contributed by atoms with Gasteiger partial charge in [-0.15, -0.1) is 0 Å². The van der Waals surface area contributed by atoms with Gasteiger partial charge in [-0.05, 0) is 25.3 Å². The second-order valence-corrected chi connectivity index (χ2v) is 5.05. The first-order valence-corrected chi connectivity index (χ1v) is 5.56. The SMILES string of the molecule is CN(C)C(=O)C1(CC2CC2)CCNC1. The third kappa shape index (κ3) is 1.78. The molecule has 3 nitrogen and oxygen atoms in total. The fraction of sp³-hybridized carbons (Fsp3) is 0.909. The molecule has 2 aliphatic rings. The van der Waals surface area contributed by atoms with Crippen molar-refractivity contribution in [3.63, 3.8) is 0 Å². The molecular formula is C11H20N2O. The minimum Gasteiger partial charge on any atom is -0.348 e. The Morgan fingerprint density at radius 1 is 1.50 bits per heavy atom. The highest BCUT2D eigenvalue weighted by atomic mass is 16.2. The van der Waals surface area contributed by atoms with Gasteiger partial charge in [0.2, 0.25) is 5.91 Å². The minimum absolute atomic E-state index is 0.0648. The normalized spacial score (nSPS) is 31.9. The molecule has 2 rings (SSSR count). The topological polar surface area (TPSA) is 32.3 Å². The number of amides is 1. The molecule has 0 spiro atoms. The van der Waals surface area contributed by atoms with Crippen molar-refractivity contribution in [2.75, 3.05) is 27.2 Å². The van der Waals surface area contributed by atoms with Crippen molar-refractivity contribution < 1.29 is 4.79 Å². The average Bonchev–Trinajstić information content (AvgIpc) is 2.81. The van der Waals surface area contributed by atoms with Crippen LogP contribution in [0.15, 0.2) is 0 Å². The van der Waals surface area contributed by atoms with E-state index in [1.54, 1.807) is 4.90 Å². The number of nitrogens with one attached hydrogen (secondary N) is 1. The number of carbonyl (C=O) groups excluding carboxylic acids is 1. The third-order valence-electron chi connectivity index (χ3n) is 3.48. The summed E-state index contributed by atoms with van der Waals surface area (Å²) in [6.07, 6.45) is 4.81. The smallest absolute Gasteiger partial charge is 0.229 e. The Labute approximate surface area is 85.8 Å². The zero-order valence-electron chi connectivity index (χ0n) is 9.18. The molecule has 80 valence electrons. The van der Waals surface area contributed by atoms with E-state index in [2.05, 4.69) is 5.32 Å².